The number of hydrogen-bond acceptors (Lipinski definition) is 7. The second-order valence-corrected chi connectivity index (χ2v) is 8.09. The average Bonchev–Trinajstić information content (AvgIpc) is 3.00. The van der Waals surface area contributed by atoms with Gasteiger partial charge >= 0.3 is 12.1 Å². The molecule has 168 valence electrons. The summed E-state index contributed by atoms with van der Waals surface area (Å²) in [5, 5.41) is 0. The summed E-state index contributed by atoms with van der Waals surface area (Å²) in [6, 6.07) is 7.43. The van der Waals surface area contributed by atoms with Crippen molar-refractivity contribution < 1.29 is 37.0 Å². The van der Waals surface area contributed by atoms with Crippen LogP contribution >= 0.6 is 24.0 Å². The van der Waals surface area contributed by atoms with Crippen LogP contribution in [0.1, 0.15) is 18.1 Å². The molecule has 1 aliphatic rings. The van der Waals surface area contributed by atoms with Crippen molar-refractivity contribution in [3.8, 4) is 17.2 Å². The maximum atomic E-state index is 13.1. The van der Waals surface area contributed by atoms with Gasteiger partial charge in [0.1, 0.15) is 0 Å². The lowest BCUT2D eigenvalue weighted by Gasteiger charge is -2.16. The standard InChI is InChI=1S/C21H16F3NO5S2/c1-11(26)30-18-15(28-2)7-12(8-16(18)29-3)9-17-19(27)25(20(31)32-17)14-6-4-5-13(10-14)21(22,23)24/h4-10H,1-3H3/b17-9+. The predicted molar refractivity (Wildman–Crippen MR) is 118 cm³/mol. The molecule has 0 spiro atoms. The Balaban J connectivity index is 1.98. The number of alkyl halides is 3. The Morgan fingerprint density at radius 3 is 2.28 bits per heavy atom. The lowest BCUT2D eigenvalue weighted by Crippen LogP contribution is -2.27. The first kappa shape index (κ1) is 23.6. The van der Waals surface area contributed by atoms with Gasteiger partial charge in [-0.15, -0.1) is 0 Å². The summed E-state index contributed by atoms with van der Waals surface area (Å²) in [5.74, 6) is -0.674. The van der Waals surface area contributed by atoms with E-state index in [0.717, 1.165) is 28.8 Å². The van der Waals surface area contributed by atoms with E-state index < -0.39 is 23.6 Å². The Morgan fingerprint density at radius 2 is 1.75 bits per heavy atom. The molecule has 0 N–H and O–H groups in total. The Kier molecular flexibility index (Phi) is 6.79. The van der Waals surface area contributed by atoms with Gasteiger partial charge in [0.15, 0.2) is 15.8 Å². The zero-order chi connectivity index (χ0) is 23.6. The van der Waals surface area contributed by atoms with E-state index in [9.17, 15) is 22.8 Å². The minimum atomic E-state index is -4.55. The molecule has 3 rings (SSSR count). The molecule has 2 aromatic rings. The van der Waals surface area contributed by atoms with E-state index in [2.05, 4.69) is 0 Å². The van der Waals surface area contributed by atoms with Crippen molar-refractivity contribution in [3.05, 3.63) is 52.4 Å². The minimum absolute atomic E-state index is 0.0195. The van der Waals surface area contributed by atoms with E-state index in [1.54, 1.807) is 0 Å². The Morgan fingerprint density at radius 1 is 1.12 bits per heavy atom. The van der Waals surface area contributed by atoms with Crippen LogP contribution in [0.15, 0.2) is 41.3 Å². The number of ether oxygens (including phenoxy) is 3. The fourth-order valence-corrected chi connectivity index (χ4v) is 4.19. The van der Waals surface area contributed by atoms with Gasteiger partial charge in [0.25, 0.3) is 5.91 Å². The van der Waals surface area contributed by atoms with E-state index in [1.807, 2.05) is 0 Å². The van der Waals surface area contributed by atoms with Gasteiger partial charge in [-0.05, 0) is 42.0 Å². The number of hydrogen-bond donors (Lipinski definition) is 0. The van der Waals surface area contributed by atoms with Crippen molar-refractivity contribution in [2.24, 2.45) is 0 Å². The summed E-state index contributed by atoms with van der Waals surface area (Å²) in [4.78, 5) is 25.5. The van der Waals surface area contributed by atoms with Crippen LogP contribution in [0.3, 0.4) is 0 Å². The largest absolute Gasteiger partial charge is 0.493 e. The van der Waals surface area contributed by atoms with Gasteiger partial charge in [-0.2, -0.15) is 13.2 Å². The van der Waals surface area contributed by atoms with Crippen LogP contribution in [-0.2, 0) is 15.8 Å². The number of esters is 1. The average molecular weight is 483 g/mol. The molecule has 0 bridgehead atoms. The molecule has 32 heavy (non-hydrogen) atoms. The molecule has 6 nitrogen and oxygen atoms in total. The highest BCUT2D eigenvalue weighted by Gasteiger charge is 2.36. The number of amides is 1. The Hall–Kier alpha value is -3.05. The molecule has 1 amide bonds. The van der Waals surface area contributed by atoms with Crippen molar-refractivity contribution in [1.29, 1.82) is 0 Å². The topological polar surface area (TPSA) is 65.1 Å². The van der Waals surface area contributed by atoms with Crippen molar-refractivity contribution in [1.82, 2.24) is 0 Å². The highest BCUT2D eigenvalue weighted by molar-refractivity contribution is 8.27. The number of nitrogens with zero attached hydrogens (tertiary/aromatic N) is 1. The highest BCUT2D eigenvalue weighted by atomic mass is 32.2. The normalized spacial score (nSPS) is 15.3. The first-order valence-corrected chi connectivity index (χ1v) is 10.2. The van der Waals surface area contributed by atoms with E-state index in [-0.39, 0.29) is 32.2 Å². The van der Waals surface area contributed by atoms with Crippen LogP contribution in [0.25, 0.3) is 6.08 Å². The molecule has 2 aromatic carbocycles. The van der Waals surface area contributed by atoms with Crippen LogP contribution in [0, 0.1) is 0 Å². The summed E-state index contributed by atoms with van der Waals surface area (Å²) >= 11 is 6.18. The van der Waals surface area contributed by atoms with Gasteiger partial charge in [0.2, 0.25) is 5.75 Å². The number of carbonyl (C=O) groups excluding carboxylic acids is 2. The van der Waals surface area contributed by atoms with Crippen LogP contribution in [0.2, 0.25) is 0 Å². The fourth-order valence-electron chi connectivity index (χ4n) is 2.89. The van der Waals surface area contributed by atoms with E-state index >= 15 is 0 Å². The molecule has 1 aliphatic heterocycles. The third kappa shape index (κ3) is 4.89. The maximum Gasteiger partial charge on any atom is 0.416 e. The number of thioether (sulfide) groups is 1. The summed E-state index contributed by atoms with van der Waals surface area (Å²) in [6.45, 7) is 1.23. The monoisotopic (exact) mass is 483 g/mol. The minimum Gasteiger partial charge on any atom is -0.493 e. The molecule has 0 aliphatic carbocycles. The van der Waals surface area contributed by atoms with Crippen LogP contribution in [-0.4, -0.2) is 30.4 Å². The van der Waals surface area contributed by atoms with Gasteiger partial charge in [0, 0.05) is 6.92 Å². The SMILES string of the molecule is COc1cc(/C=C2/SC(=S)N(c3cccc(C(F)(F)F)c3)C2=O)cc(OC)c1OC(C)=O. The van der Waals surface area contributed by atoms with Gasteiger partial charge in [-0.25, -0.2) is 0 Å². The molecule has 0 unspecified atom stereocenters. The predicted octanol–water partition coefficient (Wildman–Crippen LogP) is 5.05. The summed E-state index contributed by atoms with van der Waals surface area (Å²) in [5.41, 5.74) is -0.395. The van der Waals surface area contributed by atoms with Crippen LogP contribution in [0.4, 0.5) is 18.9 Å². The van der Waals surface area contributed by atoms with Crippen molar-refractivity contribution in [2.45, 2.75) is 13.1 Å². The molecular formula is C21H16F3NO5S2. The smallest absolute Gasteiger partial charge is 0.416 e. The van der Waals surface area contributed by atoms with Crippen LogP contribution in [0.5, 0.6) is 17.2 Å². The lowest BCUT2D eigenvalue weighted by molar-refractivity contribution is -0.137. The zero-order valence-electron chi connectivity index (χ0n) is 17.0. The van der Waals surface area contributed by atoms with E-state index in [0.29, 0.717) is 5.56 Å². The van der Waals surface area contributed by atoms with Gasteiger partial charge in [-0.3, -0.25) is 14.5 Å². The number of rotatable bonds is 5. The van der Waals surface area contributed by atoms with Crippen molar-refractivity contribution in [2.75, 3.05) is 19.1 Å². The number of carbonyl (C=O) groups is 2. The number of anilines is 1. The summed E-state index contributed by atoms with van der Waals surface area (Å²) in [7, 11) is 2.75. The summed E-state index contributed by atoms with van der Waals surface area (Å²) < 4.78 is 54.9. The third-order valence-corrected chi connectivity index (χ3v) is 5.55. The van der Waals surface area contributed by atoms with Gasteiger partial charge in [0.05, 0.1) is 30.4 Å². The van der Waals surface area contributed by atoms with Gasteiger partial charge < -0.3 is 14.2 Å². The number of methoxy groups -OCH3 is 2. The second kappa shape index (κ2) is 9.21. The number of benzene rings is 2. The van der Waals surface area contributed by atoms with Crippen molar-refractivity contribution in [3.63, 3.8) is 0 Å². The molecule has 11 heteroatoms. The quantitative estimate of drug-likeness (QED) is 0.255. The highest BCUT2D eigenvalue weighted by Crippen LogP contribution is 2.42. The second-order valence-electron chi connectivity index (χ2n) is 6.41. The van der Waals surface area contributed by atoms with Gasteiger partial charge in [-0.1, -0.05) is 30.0 Å². The van der Waals surface area contributed by atoms with Crippen LogP contribution < -0.4 is 19.1 Å². The number of thiocarbonyl (C=S) groups is 1. The first-order chi connectivity index (χ1) is 15.0. The maximum absolute atomic E-state index is 13.1. The van der Waals surface area contributed by atoms with E-state index in [4.69, 9.17) is 26.4 Å². The molecule has 0 saturated carbocycles. The Labute approximate surface area is 190 Å². The van der Waals surface area contributed by atoms with Crippen molar-refractivity contribution >= 4 is 51.9 Å². The van der Waals surface area contributed by atoms with E-state index in [1.165, 1.54) is 51.5 Å². The molecule has 1 fully saturated rings. The molecule has 1 heterocycles. The zero-order valence-corrected chi connectivity index (χ0v) is 18.6. The fraction of sp³-hybridized carbons (Fsp3) is 0.190. The number of halogens is 3. The molecule has 0 aromatic heterocycles. The molecule has 0 radical (unpaired) electrons. The lowest BCUT2D eigenvalue weighted by atomic mass is 10.1. The Bertz CT molecular complexity index is 1110. The molecule has 1 saturated heterocycles. The molecular weight excluding hydrogens is 467 g/mol. The molecule has 0 atom stereocenters. The summed E-state index contributed by atoms with van der Waals surface area (Å²) in [6.07, 6.45) is -3.06. The first-order valence-electron chi connectivity index (χ1n) is 8.94. The third-order valence-electron chi connectivity index (χ3n) is 4.25.